The van der Waals surface area contributed by atoms with Gasteiger partial charge in [0.1, 0.15) is 0 Å². The lowest BCUT2D eigenvalue weighted by molar-refractivity contribution is -0.137. The first-order valence-electron chi connectivity index (χ1n) is 6.44. The molecule has 1 unspecified atom stereocenters. The van der Waals surface area contributed by atoms with Crippen molar-refractivity contribution in [1.82, 2.24) is 0 Å². The summed E-state index contributed by atoms with van der Waals surface area (Å²) in [6.07, 6.45) is -0.135. The lowest BCUT2D eigenvalue weighted by Crippen LogP contribution is -2.23. The predicted molar refractivity (Wildman–Crippen MR) is 66.7 cm³/mol. The zero-order valence-corrected chi connectivity index (χ0v) is 10.5. The van der Waals surface area contributed by atoms with E-state index in [1.165, 1.54) is 6.07 Å². The maximum absolute atomic E-state index is 12.6. The van der Waals surface area contributed by atoms with Crippen LogP contribution in [0.1, 0.15) is 37.3 Å². The number of benzene rings is 1. The van der Waals surface area contributed by atoms with Gasteiger partial charge in [-0.25, -0.2) is 0 Å². The van der Waals surface area contributed by atoms with Gasteiger partial charge in [0.15, 0.2) is 0 Å². The van der Waals surface area contributed by atoms with Crippen LogP contribution in [-0.4, -0.2) is 6.54 Å². The number of hydrogen-bond donors (Lipinski definition) is 1. The molecule has 100 valence electrons. The number of hydrogen-bond acceptors (Lipinski definition) is 1. The molecule has 1 aliphatic rings. The van der Waals surface area contributed by atoms with Crippen LogP contribution in [0.2, 0.25) is 0 Å². The van der Waals surface area contributed by atoms with Crippen LogP contribution in [0.5, 0.6) is 0 Å². The summed E-state index contributed by atoms with van der Waals surface area (Å²) in [6, 6.07) is 3.99. The molecule has 0 spiro atoms. The molecule has 0 bridgehead atoms. The number of unbranched alkanes of at least 4 members (excludes halogenated alkanes) is 1. The van der Waals surface area contributed by atoms with Crippen molar-refractivity contribution >= 4 is 5.69 Å². The third-order valence-electron chi connectivity index (χ3n) is 3.49. The molecular weight excluding hydrogens is 239 g/mol. The standard InChI is InChI=1S/C14H18F3N/c1-2-3-4-10-7-11-8-12(14(15,16)17)5-6-13(11)18-9-10/h5-6,8,10,18H,2-4,7,9H2,1H3. The van der Waals surface area contributed by atoms with Crippen molar-refractivity contribution in [3.63, 3.8) is 0 Å². The maximum atomic E-state index is 12.6. The number of alkyl halides is 3. The average Bonchev–Trinajstić information content (AvgIpc) is 2.34. The summed E-state index contributed by atoms with van der Waals surface area (Å²) in [4.78, 5) is 0. The van der Waals surface area contributed by atoms with Gasteiger partial charge in [-0.05, 0) is 42.5 Å². The third kappa shape index (κ3) is 2.98. The van der Waals surface area contributed by atoms with Gasteiger partial charge in [-0.3, -0.25) is 0 Å². The molecular formula is C14H18F3N. The maximum Gasteiger partial charge on any atom is 0.416 e. The van der Waals surface area contributed by atoms with Crippen LogP contribution in [0.15, 0.2) is 18.2 Å². The molecule has 0 amide bonds. The third-order valence-corrected chi connectivity index (χ3v) is 3.49. The second kappa shape index (κ2) is 5.21. The van der Waals surface area contributed by atoms with Crippen molar-refractivity contribution in [3.8, 4) is 0 Å². The van der Waals surface area contributed by atoms with Gasteiger partial charge in [0.25, 0.3) is 0 Å². The van der Waals surface area contributed by atoms with E-state index in [4.69, 9.17) is 0 Å². The second-order valence-corrected chi connectivity index (χ2v) is 4.96. The van der Waals surface area contributed by atoms with Crippen LogP contribution in [0.3, 0.4) is 0 Å². The van der Waals surface area contributed by atoms with E-state index < -0.39 is 11.7 Å². The molecule has 1 aliphatic heterocycles. The SMILES string of the molecule is CCCCC1CNc2ccc(C(F)(F)F)cc2C1. The molecule has 2 rings (SSSR count). The average molecular weight is 257 g/mol. The molecule has 0 saturated carbocycles. The van der Waals surface area contributed by atoms with E-state index >= 15 is 0 Å². The summed E-state index contributed by atoms with van der Waals surface area (Å²) in [5, 5.41) is 3.23. The van der Waals surface area contributed by atoms with Crippen molar-refractivity contribution in [3.05, 3.63) is 29.3 Å². The summed E-state index contributed by atoms with van der Waals surface area (Å²) >= 11 is 0. The van der Waals surface area contributed by atoms with Crippen LogP contribution in [0, 0.1) is 5.92 Å². The minimum atomic E-state index is -4.24. The summed E-state index contributed by atoms with van der Waals surface area (Å²) < 4.78 is 37.9. The van der Waals surface area contributed by atoms with Crippen molar-refractivity contribution in [2.24, 2.45) is 5.92 Å². The molecule has 1 aromatic rings. The van der Waals surface area contributed by atoms with Crippen LogP contribution in [0.25, 0.3) is 0 Å². The molecule has 0 aliphatic carbocycles. The largest absolute Gasteiger partial charge is 0.416 e. The highest BCUT2D eigenvalue weighted by atomic mass is 19.4. The molecule has 0 radical (unpaired) electrons. The van der Waals surface area contributed by atoms with E-state index in [1.807, 2.05) is 0 Å². The molecule has 4 heteroatoms. The molecule has 1 N–H and O–H groups in total. The van der Waals surface area contributed by atoms with E-state index in [2.05, 4.69) is 12.2 Å². The van der Waals surface area contributed by atoms with Gasteiger partial charge in [-0.15, -0.1) is 0 Å². The van der Waals surface area contributed by atoms with Gasteiger partial charge in [0.05, 0.1) is 5.56 Å². The number of nitrogens with one attached hydrogen (secondary N) is 1. The lowest BCUT2D eigenvalue weighted by Gasteiger charge is -2.26. The Bertz CT molecular complexity index is 412. The van der Waals surface area contributed by atoms with Crippen molar-refractivity contribution < 1.29 is 13.2 Å². The Hall–Kier alpha value is -1.19. The number of fused-ring (bicyclic) bond motifs is 1. The van der Waals surface area contributed by atoms with Crippen LogP contribution in [-0.2, 0) is 12.6 Å². The molecule has 0 aromatic heterocycles. The zero-order valence-electron chi connectivity index (χ0n) is 10.5. The summed E-state index contributed by atoms with van der Waals surface area (Å²) in [5.74, 6) is 0.459. The van der Waals surface area contributed by atoms with Crippen LogP contribution >= 0.6 is 0 Å². The van der Waals surface area contributed by atoms with E-state index in [-0.39, 0.29) is 0 Å². The molecule has 1 aromatic carbocycles. The number of anilines is 1. The van der Waals surface area contributed by atoms with E-state index in [0.717, 1.165) is 49.5 Å². The Morgan fingerprint density at radius 3 is 2.78 bits per heavy atom. The molecule has 18 heavy (non-hydrogen) atoms. The van der Waals surface area contributed by atoms with Gasteiger partial charge < -0.3 is 5.32 Å². The van der Waals surface area contributed by atoms with E-state index in [0.29, 0.717) is 5.92 Å². The first-order valence-corrected chi connectivity index (χ1v) is 6.44. The second-order valence-electron chi connectivity index (χ2n) is 4.96. The first kappa shape index (κ1) is 13.2. The topological polar surface area (TPSA) is 12.0 Å². The Morgan fingerprint density at radius 2 is 2.11 bits per heavy atom. The smallest absolute Gasteiger partial charge is 0.385 e. The number of rotatable bonds is 3. The highest BCUT2D eigenvalue weighted by Gasteiger charge is 2.31. The van der Waals surface area contributed by atoms with Gasteiger partial charge in [0, 0.05) is 12.2 Å². The van der Waals surface area contributed by atoms with Crippen molar-refractivity contribution in [1.29, 1.82) is 0 Å². The van der Waals surface area contributed by atoms with Crippen molar-refractivity contribution in [2.75, 3.05) is 11.9 Å². The van der Waals surface area contributed by atoms with Gasteiger partial charge >= 0.3 is 6.18 Å². The molecule has 1 heterocycles. The summed E-state index contributed by atoms with van der Waals surface area (Å²) in [6.45, 7) is 3.00. The fourth-order valence-electron chi connectivity index (χ4n) is 2.45. The molecule has 1 atom stereocenters. The fraction of sp³-hybridized carbons (Fsp3) is 0.571. The van der Waals surface area contributed by atoms with Gasteiger partial charge in [-0.1, -0.05) is 19.8 Å². The highest BCUT2D eigenvalue weighted by molar-refractivity contribution is 5.55. The highest BCUT2D eigenvalue weighted by Crippen LogP contribution is 2.34. The van der Waals surface area contributed by atoms with Crippen LogP contribution < -0.4 is 5.32 Å². The summed E-state index contributed by atoms with van der Waals surface area (Å²) in [7, 11) is 0. The Kier molecular flexibility index (Phi) is 3.83. The van der Waals surface area contributed by atoms with E-state index in [1.54, 1.807) is 6.07 Å². The fourth-order valence-corrected chi connectivity index (χ4v) is 2.45. The Labute approximate surface area is 105 Å². The summed E-state index contributed by atoms with van der Waals surface area (Å²) in [5.41, 5.74) is 1.12. The minimum Gasteiger partial charge on any atom is -0.385 e. The van der Waals surface area contributed by atoms with E-state index in [9.17, 15) is 13.2 Å². The predicted octanol–water partition coefficient (Wildman–Crippen LogP) is 4.48. The lowest BCUT2D eigenvalue weighted by atomic mass is 9.89. The Balaban J connectivity index is 2.14. The molecule has 0 fully saturated rings. The van der Waals surface area contributed by atoms with Crippen molar-refractivity contribution in [2.45, 2.75) is 38.8 Å². The minimum absolute atomic E-state index is 0.459. The van der Waals surface area contributed by atoms with Crippen LogP contribution in [0.4, 0.5) is 18.9 Å². The monoisotopic (exact) mass is 257 g/mol. The van der Waals surface area contributed by atoms with Gasteiger partial charge in [0.2, 0.25) is 0 Å². The quantitative estimate of drug-likeness (QED) is 0.841. The zero-order chi connectivity index (χ0) is 13.2. The first-order chi connectivity index (χ1) is 8.50. The molecule has 0 saturated heterocycles. The normalized spacial score (nSPS) is 19.2. The number of halogens is 3. The van der Waals surface area contributed by atoms with Gasteiger partial charge in [-0.2, -0.15) is 13.2 Å². The molecule has 1 nitrogen and oxygen atoms in total. The Morgan fingerprint density at radius 1 is 1.33 bits per heavy atom.